The maximum Gasteiger partial charge on any atom is 0.407 e. The number of hydrogen-bond donors (Lipinski definition) is 3. The number of benzene rings is 2. The minimum Gasteiger partial charge on any atom is -0.481 e. The van der Waals surface area contributed by atoms with E-state index in [1.807, 2.05) is 36.4 Å². The Kier molecular flexibility index (Phi) is 7.47. The number of carbonyl (C=O) groups excluding carboxylic acids is 2. The zero-order valence-corrected chi connectivity index (χ0v) is 19.2. The van der Waals surface area contributed by atoms with E-state index in [9.17, 15) is 14.4 Å². The van der Waals surface area contributed by atoms with Crippen LogP contribution in [0.5, 0.6) is 0 Å². The average Bonchev–Trinajstić information content (AvgIpc) is 3.12. The van der Waals surface area contributed by atoms with Gasteiger partial charge in [-0.1, -0.05) is 48.5 Å². The maximum atomic E-state index is 12.8. The van der Waals surface area contributed by atoms with E-state index in [4.69, 9.17) is 14.6 Å². The number of amides is 2. The van der Waals surface area contributed by atoms with Gasteiger partial charge in [-0.25, -0.2) is 4.79 Å². The Hall–Kier alpha value is -3.39. The van der Waals surface area contributed by atoms with Crippen LogP contribution in [0, 0.1) is 5.92 Å². The Bertz CT molecular complexity index is 1000. The van der Waals surface area contributed by atoms with Crippen LogP contribution >= 0.6 is 0 Å². The first kappa shape index (κ1) is 23.8. The molecular formula is C26H30N2O6. The Morgan fingerprint density at radius 1 is 1.03 bits per heavy atom. The van der Waals surface area contributed by atoms with Crippen molar-refractivity contribution in [2.75, 3.05) is 20.3 Å². The number of carboxylic acids is 1. The molecule has 1 unspecified atom stereocenters. The number of methoxy groups -OCH3 is 1. The molecule has 0 aromatic heterocycles. The molecule has 8 heteroatoms. The van der Waals surface area contributed by atoms with Crippen LogP contribution in [0.1, 0.15) is 42.7 Å². The first-order chi connectivity index (χ1) is 16.5. The van der Waals surface area contributed by atoms with E-state index < -0.39 is 18.1 Å². The topological polar surface area (TPSA) is 114 Å². The van der Waals surface area contributed by atoms with Gasteiger partial charge in [0, 0.05) is 38.5 Å². The summed E-state index contributed by atoms with van der Waals surface area (Å²) in [5.41, 5.74) is 4.52. The van der Waals surface area contributed by atoms with E-state index in [0.29, 0.717) is 25.9 Å². The molecule has 4 rings (SSSR count). The molecule has 2 amide bonds. The number of nitrogens with one attached hydrogen (secondary N) is 2. The van der Waals surface area contributed by atoms with Crippen LogP contribution < -0.4 is 10.6 Å². The molecule has 1 saturated carbocycles. The van der Waals surface area contributed by atoms with Crippen LogP contribution in [0.3, 0.4) is 0 Å². The fourth-order valence-corrected chi connectivity index (χ4v) is 4.86. The highest BCUT2D eigenvalue weighted by Crippen LogP contribution is 2.44. The van der Waals surface area contributed by atoms with Crippen molar-refractivity contribution in [1.82, 2.24) is 10.6 Å². The molecule has 180 valence electrons. The van der Waals surface area contributed by atoms with Crippen molar-refractivity contribution >= 4 is 18.0 Å². The Balaban J connectivity index is 1.33. The third-order valence-corrected chi connectivity index (χ3v) is 6.61. The average molecular weight is 467 g/mol. The smallest absolute Gasteiger partial charge is 0.407 e. The van der Waals surface area contributed by atoms with Gasteiger partial charge in [0.15, 0.2) is 0 Å². The van der Waals surface area contributed by atoms with Crippen LogP contribution in [0.2, 0.25) is 0 Å². The molecule has 0 aliphatic heterocycles. The number of alkyl carbamates (subject to hydrolysis) is 1. The van der Waals surface area contributed by atoms with Gasteiger partial charge < -0.3 is 25.2 Å². The quantitative estimate of drug-likeness (QED) is 0.495. The normalized spacial score (nSPS) is 19.3. The van der Waals surface area contributed by atoms with E-state index in [1.165, 1.54) is 7.11 Å². The van der Waals surface area contributed by atoms with Gasteiger partial charge in [0.25, 0.3) is 0 Å². The predicted molar refractivity (Wildman–Crippen MR) is 125 cm³/mol. The highest BCUT2D eigenvalue weighted by atomic mass is 16.5. The van der Waals surface area contributed by atoms with Crippen molar-refractivity contribution in [3.8, 4) is 11.1 Å². The molecule has 34 heavy (non-hydrogen) atoms. The molecule has 2 aromatic carbocycles. The van der Waals surface area contributed by atoms with Crippen molar-refractivity contribution in [2.24, 2.45) is 5.92 Å². The fraction of sp³-hybridized carbons (Fsp3) is 0.423. The van der Waals surface area contributed by atoms with Crippen LogP contribution in [-0.2, 0) is 19.1 Å². The summed E-state index contributed by atoms with van der Waals surface area (Å²) in [5.74, 6) is -1.13. The lowest BCUT2D eigenvalue weighted by Crippen LogP contribution is -2.53. The highest BCUT2D eigenvalue weighted by Gasteiger charge is 2.34. The monoisotopic (exact) mass is 466 g/mol. The third kappa shape index (κ3) is 5.39. The third-order valence-electron chi connectivity index (χ3n) is 6.61. The molecule has 2 aromatic rings. The molecule has 3 N–H and O–H groups in total. The molecule has 1 atom stereocenters. The van der Waals surface area contributed by atoms with Crippen molar-refractivity contribution < 1.29 is 29.0 Å². The summed E-state index contributed by atoms with van der Waals surface area (Å²) in [5, 5.41) is 14.4. The molecular weight excluding hydrogens is 436 g/mol. The zero-order valence-electron chi connectivity index (χ0n) is 19.2. The second kappa shape index (κ2) is 10.7. The first-order valence-corrected chi connectivity index (χ1v) is 11.6. The summed E-state index contributed by atoms with van der Waals surface area (Å²) < 4.78 is 10.7. The van der Waals surface area contributed by atoms with Crippen molar-refractivity contribution in [3.05, 3.63) is 59.7 Å². The van der Waals surface area contributed by atoms with Gasteiger partial charge in [0.1, 0.15) is 12.6 Å². The molecule has 1 fully saturated rings. The summed E-state index contributed by atoms with van der Waals surface area (Å²) in [6.07, 6.45) is 1.00. The molecule has 0 radical (unpaired) electrons. The number of hydrogen-bond acceptors (Lipinski definition) is 5. The van der Waals surface area contributed by atoms with Gasteiger partial charge in [-0.2, -0.15) is 0 Å². The lowest BCUT2D eigenvalue weighted by atomic mass is 9.78. The van der Waals surface area contributed by atoms with Crippen LogP contribution in [0.4, 0.5) is 4.79 Å². The maximum absolute atomic E-state index is 12.8. The fourth-order valence-electron chi connectivity index (χ4n) is 4.86. The molecule has 8 nitrogen and oxygen atoms in total. The number of fused-ring (bicyclic) bond motifs is 3. The van der Waals surface area contributed by atoms with Gasteiger partial charge in [-0.3, -0.25) is 9.59 Å². The standard InChI is InChI=1S/C26H30N2O6/c1-33-11-10-23(25(31)27-17-12-16(13-17)14-24(29)30)28-26(32)34-15-22-20-8-4-2-6-18(20)19-7-3-5-9-21(19)22/h2-9,16-17,22-23H,10-15H2,1H3,(H,27,31)(H,28,32)(H,29,30). The largest absolute Gasteiger partial charge is 0.481 e. The Morgan fingerprint density at radius 3 is 2.24 bits per heavy atom. The minimum absolute atomic E-state index is 0.0643. The molecule has 0 saturated heterocycles. The number of rotatable bonds is 10. The molecule has 2 aliphatic carbocycles. The van der Waals surface area contributed by atoms with Crippen LogP contribution in [0.15, 0.2) is 48.5 Å². The molecule has 0 heterocycles. The van der Waals surface area contributed by atoms with Gasteiger partial charge in [-0.05, 0) is 41.0 Å². The van der Waals surface area contributed by atoms with E-state index in [2.05, 4.69) is 22.8 Å². The highest BCUT2D eigenvalue weighted by molar-refractivity contribution is 5.86. The summed E-state index contributed by atoms with van der Waals surface area (Å²) in [6.45, 7) is 0.464. The summed E-state index contributed by atoms with van der Waals surface area (Å²) in [6, 6.07) is 15.3. The van der Waals surface area contributed by atoms with Gasteiger partial charge in [-0.15, -0.1) is 0 Å². The number of ether oxygens (including phenoxy) is 2. The Labute approximate surface area is 198 Å². The van der Waals surface area contributed by atoms with Crippen molar-refractivity contribution in [2.45, 2.75) is 43.7 Å². The van der Waals surface area contributed by atoms with Gasteiger partial charge >= 0.3 is 12.1 Å². The second-order valence-electron chi connectivity index (χ2n) is 8.94. The Morgan fingerprint density at radius 2 is 1.65 bits per heavy atom. The summed E-state index contributed by atoms with van der Waals surface area (Å²) >= 11 is 0. The number of carbonyl (C=O) groups is 3. The van der Waals surface area contributed by atoms with E-state index in [0.717, 1.165) is 22.3 Å². The van der Waals surface area contributed by atoms with Crippen molar-refractivity contribution in [3.63, 3.8) is 0 Å². The van der Waals surface area contributed by atoms with E-state index in [-0.39, 0.29) is 36.8 Å². The number of carboxylic acid groups (broad SMARTS) is 1. The first-order valence-electron chi connectivity index (χ1n) is 11.6. The second-order valence-corrected chi connectivity index (χ2v) is 8.94. The lowest BCUT2D eigenvalue weighted by molar-refractivity contribution is -0.139. The lowest BCUT2D eigenvalue weighted by Gasteiger charge is -2.35. The van der Waals surface area contributed by atoms with Crippen LogP contribution in [-0.4, -0.2) is 55.5 Å². The van der Waals surface area contributed by atoms with E-state index in [1.54, 1.807) is 0 Å². The molecule has 2 aliphatic rings. The predicted octanol–water partition coefficient (Wildman–Crippen LogP) is 3.30. The minimum atomic E-state index is -0.829. The zero-order chi connectivity index (χ0) is 24.1. The van der Waals surface area contributed by atoms with Gasteiger partial charge in [0.2, 0.25) is 5.91 Å². The summed E-state index contributed by atoms with van der Waals surface area (Å²) in [7, 11) is 1.53. The van der Waals surface area contributed by atoms with Crippen LogP contribution in [0.25, 0.3) is 11.1 Å². The molecule has 0 bridgehead atoms. The molecule has 0 spiro atoms. The van der Waals surface area contributed by atoms with E-state index >= 15 is 0 Å². The van der Waals surface area contributed by atoms with Crippen molar-refractivity contribution in [1.29, 1.82) is 0 Å². The SMILES string of the molecule is COCCC(NC(=O)OCC1c2ccccc2-c2ccccc21)C(=O)NC1CC(CC(=O)O)C1. The van der Waals surface area contributed by atoms with Gasteiger partial charge in [0.05, 0.1) is 0 Å². The summed E-state index contributed by atoms with van der Waals surface area (Å²) in [4.78, 5) is 36.2. The number of aliphatic carboxylic acids is 1.